The van der Waals surface area contributed by atoms with Crippen LogP contribution in [0.1, 0.15) is 91.4 Å². The molecule has 0 amide bonds. The van der Waals surface area contributed by atoms with Crippen LogP contribution < -0.4 is 0 Å². The van der Waals surface area contributed by atoms with Gasteiger partial charge in [-0.3, -0.25) is 4.79 Å². The van der Waals surface area contributed by atoms with Crippen molar-refractivity contribution in [3.05, 3.63) is 11.6 Å². The fraction of sp³-hybridized carbons (Fsp3) is 0.875. The van der Waals surface area contributed by atoms with Crippen molar-refractivity contribution in [2.45, 2.75) is 97.5 Å². The molecule has 0 aromatic heterocycles. The van der Waals surface area contributed by atoms with Crippen LogP contribution in [0.2, 0.25) is 0 Å². The highest BCUT2D eigenvalue weighted by Crippen LogP contribution is 2.64. The van der Waals surface area contributed by atoms with Crippen molar-refractivity contribution in [1.29, 1.82) is 0 Å². The number of hydrogen-bond donors (Lipinski definition) is 0. The highest BCUT2D eigenvalue weighted by atomic mass is 16.5. The molecule has 3 saturated carbocycles. The Balaban J connectivity index is 1.46. The fourth-order valence-electron chi connectivity index (χ4n) is 7.14. The normalized spacial score (nSPS) is 44.9. The van der Waals surface area contributed by atoms with Gasteiger partial charge in [-0.15, -0.1) is 0 Å². The van der Waals surface area contributed by atoms with Gasteiger partial charge in [-0.1, -0.05) is 45.3 Å². The lowest BCUT2D eigenvalue weighted by molar-refractivity contribution is -0.132. The number of Topliss-reactive ketones (excluding diaryl/α,β-unsaturated/α-hetero) is 1. The van der Waals surface area contributed by atoms with Crippen LogP contribution in [0.25, 0.3) is 0 Å². The molecule has 0 spiro atoms. The third-order valence-electron chi connectivity index (χ3n) is 8.87. The van der Waals surface area contributed by atoms with E-state index in [0.717, 1.165) is 44.1 Å². The van der Waals surface area contributed by atoms with E-state index in [4.69, 9.17) is 4.74 Å². The smallest absolute Gasteiger partial charge is 0.139 e. The van der Waals surface area contributed by atoms with Crippen molar-refractivity contribution in [2.75, 3.05) is 6.61 Å². The summed E-state index contributed by atoms with van der Waals surface area (Å²) < 4.78 is 6.23. The van der Waals surface area contributed by atoms with Gasteiger partial charge in [-0.2, -0.15) is 0 Å². The lowest BCUT2D eigenvalue weighted by Gasteiger charge is -2.57. The fourth-order valence-corrected chi connectivity index (χ4v) is 7.14. The summed E-state index contributed by atoms with van der Waals surface area (Å²) in [7, 11) is 0. The Morgan fingerprint density at radius 1 is 1.08 bits per heavy atom. The molecular formula is C24H38O2. The maximum atomic E-state index is 12.5. The van der Waals surface area contributed by atoms with Gasteiger partial charge < -0.3 is 4.74 Å². The van der Waals surface area contributed by atoms with E-state index in [2.05, 4.69) is 26.8 Å². The summed E-state index contributed by atoms with van der Waals surface area (Å²) in [5.41, 5.74) is 2.07. The predicted molar refractivity (Wildman–Crippen MR) is 106 cm³/mol. The maximum Gasteiger partial charge on any atom is 0.139 e. The van der Waals surface area contributed by atoms with E-state index in [1.165, 1.54) is 44.9 Å². The molecule has 4 aliphatic rings. The topological polar surface area (TPSA) is 26.3 Å². The SMILES string of the molecule is CCCCCOC1CC[C@@]2(C)C(=CC[C@@H]3[C@H]2CC[C@]2(C)C(=O)CC[C@@H]32)C1. The predicted octanol–water partition coefficient (Wildman–Crippen LogP) is 6.09. The first kappa shape index (κ1) is 18.7. The molecule has 0 bridgehead atoms. The Hall–Kier alpha value is -0.630. The molecule has 1 unspecified atom stereocenters. The van der Waals surface area contributed by atoms with Crippen molar-refractivity contribution in [3.63, 3.8) is 0 Å². The first-order chi connectivity index (χ1) is 12.5. The number of hydrogen-bond acceptors (Lipinski definition) is 2. The van der Waals surface area contributed by atoms with Gasteiger partial charge in [0, 0.05) is 18.4 Å². The summed E-state index contributed by atoms with van der Waals surface area (Å²) in [6.07, 6.45) is 16.1. The Morgan fingerprint density at radius 2 is 1.85 bits per heavy atom. The van der Waals surface area contributed by atoms with E-state index in [1.807, 2.05) is 0 Å². The van der Waals surface area contributed by atoms with Gasteiger partial charge in [-0.25, -0.2) is 0 Å². The molecule has 0 aromatic rings. The molecule has 0 N–H and O–H groups in total. The number of allylic oxidation sites excluding steroid dienone is 1. The summed E-state index contributed by atoms with van der Waals surface area (Å²) in [4.78, 5) is 12.5. The molecule has 0 aromatic carbocycles. The molecule has 0 heterocycles. The van der Waals surface area contributed by atoms with E-state index in [9.17, 15) is 4.79 Å². The number of fused-ring (bicyclic) bond motifs is 5. The lowest BCUT2D eigenvalue weighted by Crippen LogP contribution is -2.50. The number of carbonyl (C=O) groups excluding carboxylic acids is 1. The number of rotatable bonds is 5. The molecule has 0 aliphatic heterocycles. The second-order valence-electron chi connectivity index (χ2n) is 10.1. The highest BCUT2D eigenvalue weighted by Gasteiger charge is 2.58. The lowest BCUT2D eigenvalue weighted by atomic mass is 9.48. The van der Waals surface area contributed by atoms with Crippen molar-refractivity contribution < 1.29 is 9.53 Å². The number of carbonyl (C=O) groups is 1. The number of unbranched alkanes of at least 4 members (excludes halogenated alkanes) is 2. The molecule has 2 nitrogen and oxygen atoms in total. The van der Waals surface area contributed by atoms with Crippen molar-refractivity contribution in [2.24, 2.45) is 28.6 Å². The van der Waals surface area contributed by atoms with Crippen LogP contribution in [0.3, 0.4) is 0 Å². The monoisotopic (exact) mass is 358 g/mol. The average molecular weight is 359 g/mol. The molecule has 6 atom stereocenters. The minimum absolute atomic E-state index is 0.00244. The minimum Gasteiger partial charge on any atom is -0.378 e. The van der Waals surface area contributed by atoms with Crippen molar-refractivity contribution >= 4 is 5.78 Å². The first-order valence-corrected chi connectivity index (χ1v) is 11.3. The second kappa shape index (κ2) is 7.08. The molecule has 4 aliphatic carbocycles. The van der Waals surface area contributed by atoms with Crippen LogP contribution >= 0.6 is 0 Å². The molecule has 26 heavy (non-hydrogen) atoms. The Kier molecular flexibility index (Phi) is 5.09. The van der Waals surface area contributed by atoms with Crippen LogP contribution in [-0.4, -0.2) is 18.5 Å². The second-order valence-corrected chi connectivity index (χ2v) is 10.1. The van der Waals surface area contributed by atoms with E-state index < -0.39 is 0 Å². The van der Waals surface area contributed by atoms with Gasteiger partial charge in [0.15, 0.2) is 0 Å². The van der Waals surface area contributed by atoms with Crippen LogP contribution in [-0.2, 0) is 9.53 Å². The third kappa shape index (κ3) is 2.91. The molecule has 2 heteroatoms. The molecule has 4 rings (SSSR count). The summed E-state index contributed by atoms with van der Waals surface area (Å²) >= 11 is 0. The van der Waals surface area contributed by atoms with E-state index in [-0.39, 0.29) is 5.41 Å². The van der Waals surface area contributed by atoms with Gasteiger partial charge in [0.2, 0.25) is 0 Å². The van der Waals surface area contributed by atoms with Gasteiger partial charge in [0.05, 0.1) is 6.10 Å². The summed E-state index contributed by atoms with van der Waals surface area (Å²) in [5.74, 6) is 2.75. The zero-order valence-corrected chi connectivity index (χ0v) is 17.2. The van der Waals surface area contributed by atoms with Gasteiger partial charge in [0.1, 0.15) is 5.78 Å². The molecular weight excluding hydrogens is 320 g/mol. The van der Waals surface area contributed by atoms with Crippen LogP contribution in [0.4, 0.5) is 0 Å². The molecule has 146 valence electrons. The number of ether oxygens (including phenoxy) is 1. The van der Waals surface area contributed by atoms with Gasteiger partial charge in [0.25, 0.3) is 0 Å². The summed E-state index contributed by atoms with van der Waals surface area (Å²) in [6.45, 7) is 8.02. The molecule has 0 radical (unpaired) electrons. The van der Waals surface area contributed by atoms with Gasteiger partial charge >= 0.3 is 0 Å². The molecule has 0 saturated heterocycles. The first-order valence-electron chi connectivity index (χ1n) is 11.3. The highest BCUT2D eigenvalue weighted by molar-refractivity contribution is 5.87. The summed E-state index contributed by atoms with van der Waals surface area (Å²) in [5, 5.41) is 0. The largest absolute Gasteiger partial charge is 0.378 e. The number of ketones is 1. The Labute approximate surface area is 160 Å². The van der Waals surface area contributed by atoms with Crippen molar-refractivity contribution in [3.8, 4) is 0 Å². The van der Waals surface area contributed by atoms with Gasteiger partial charge in [-0.05, 0) is 74.5 Å². The van der Waals surface area contributed by atoms with E-state index >= 15 is 0 Å². The third-order valence-corrected chi connectivity index (χ3v) is 8.87. The summed E-state index contributed by atoms with van der Waals surface area (Å²) in [6, 6.07) is 0. The quantitative estimate of drug-likeness (QED) is 0.439. The van der Waals surface area contributed by atoms with Crippen LogP contribution in [0.5, 0.6) is 0 Å². The van der Waals surface area contributed by atoms with Crippen LogP contribution in [0, 0.1) is 28.6 Å². The maximum absolute atomic E-state index is 12.5. The van der Waals surface area contributed by atoms with Crippen molar-refractivity contribution in [1.82, 2.24) is 0 Å². The Morgan fingerprint density at radius 3 is 2.65 bits per heavy atom. The molecule has 3 fully saturated rings. The minimum atomic E-state index is 0.00244. The van der Waals surface area contributed by atoms with Crippen LogP contribution in [0.15, 0.2) is 11.6 Å². The zero-order valence-electron chi connectivity index (χ0n) is 17.2. The standard InChI is InChI=1S/C24H38O2/c1-4-5-6-15-26-18-11-13-23(2)17(16-18)7-8-19-20-9-10-22(25)24(20,3)14-12-21(19)23/h7,18-21H,4-6,8-16H2,1-3H3/t18?,19-,20-,21+,23-,24-/m0/s1. The van der Waals surface area contributed by atoms with E-state index in [1.54, 1.807) is 5.57 Å². The average Bonchev–Trinajstić information content (AvgIpc) is 2.94. The Bertz CT molecular complexity index is 579. The zero-order chi connectivity index (χ0) is 18.4. The van der Waals surface area contributed by atoms with E-state index in [0.29, 0.717) is 23.2 Å².